The molecule has 4 heterocycles. The number of hydrogen-bond acceptors (Lipinski definition) is 8. The van der Waals surface area contributed by atoms with Crippen molar-refractivity contribution in [1.29, 1.82) is 0 Å². The van der Waals surface area contributed by atoms with Gasteiger partial charge in [0.15, 0.2) is 11.5 Å². The Morgan fingerprint density at radius 3 is 3.00 bits per heavy atom. The number of thiazole rings is 1. The number of anilines is 1. The van der Waals surface area contributed by atoms with E-state index in [9.17, 15) is 0 Å². The van der Waals surface area contributed by atoms with Crippen molar-refractivity contribution >= 4 is 33.7 Å². The molecule has 1 aromatic carbocycles. The van der Waals surface area contributed by atoms with Gasteiger partial charge in [-0.1, -0.05) is 11.3 Å². The monoisotopic (exact) mass is 353 g/mol. The molecule has 0 unspecified atom stereocenters. The highest BCUT2D eigenvalue weighted by Crippen LogP contribution is 2.40. The van der Waals surface area contributed by atoms with Gasteiger partial charge in [-0.15, -0.1) is 0 Å². The molecule has 5 rings (SSSR count). The van der Waals surface area contributed by atoms with Gasteiger partial charge in [-0.05, 0) is 24.3 Å². The quantitative estimate of drug-likeness (QED) is 0.434. The molecule has 0 atom stereocenters. The number of ether oxygens (including phenoxy) is 2. The van der Waals surface area contributed by atoms with Crippen molar-refractivity contribution < 1.29 is 18.3 Å². The van der Waals surface area contributed by atoms with E-state index < -0.39 is 0 Å². The fourth-order valence-electron chi connectivity index (χ4n) is 2.51. The van der Waals surface area contributed by atoms with Crippen molar-refractivity contribution in [2.75, 3.05) is 12.2 Å². The predicted octanol–water partition coefficient (Wildman–Crippen LogP) is 4.32. The van der Waals surface area contributed by atoms with E-state index in [2.05, 4.69) is 15.5 Å². The number of nitrogens with zero attached hydrogens (tertiary/aromatic N) is 2. The fraction of sp³-hybridized carbons (Fsp3) is 0.0588. The first kappa shape index (κ1) is 14.1. The van der Waals surface area contributed by atoms with E-state index in [1.165, 1.54) is 11.3 Å². The lowest BCUT2D eigenvalue weighted by molar-refractivity contribution is 0.174. The summed E-state index contributed by atoms with van der Waals surface area (Å²) in [6, 6.07) is 9.34. The predicted molar refractivity (Wildman–Crippen MR) is 93.4 cm³/mol. The Labute approximate surface area is 145 Å². The van der Waals surface area contributed by atoms with E-state index in [1.807, 2.05) is 24.3 Å². The second-order valence-electron chi connectivity index (χ2n) is 5.27. The summed E-state index contributed by atoms with van der Waals surface area (Å²) in [6.07, 6.45) is 4.92. The smallest absolute Gasteiger partial charge is 0.231 e. The van der Waals surface area contributed by atoms with Crippen molar-refractivity contribution in [2.24, 2.45) is 5.10 Å². The van der Waals surface area contributed by atoms with Crippen molar-refractivity contribution in [3.63, 3.8) is 0 Å². The molecular weight excluding hydrogens is 342 g/mol. The Kier molecular flexibility index (Phi) is 3.20. The third-order valence-corrected chi connectivity index (χ3v) is 4.57. The van der Waals surface area contributed by atoms with E-state index in [4.69, 9.17) is 18.3 Å². The average Bonchev–Trinajstić information content (AvgIpc) is 3.38. The van der Waals surface area contributed by atoms with E-state index in [1.54, 1.807) is 24.7 Å². The minimum Gasteiger partial charge on any atom is -0.463 e. The molecule has 1 aliphatic rings. The van der Waals surface area contributed by atoms with Crippen LogP contribution in [0, 0.1) is 0 Å². The summed E-state index contributed by atoms with van der Waals surface area (Å²) < 4.78 is 21.8. The highest BCUT2D eigenvalue weighted by atomic mass is 32.1. The van der Waals surface area contributed by atoms with Gasteiger partial charge in [0.05, 0.1) is 23.6 Å². The number of nitrogens with one attached hydrogen (secondary N) is 1. The summed E-state index contributed by atoms with van der Waals surface area (Å²) in [5.74, 6) is 2.84. The number of aromatic nitrogens is 1. The second-order valence-corrected chi connectivity index (χ2v) is 6.30. The molecule has 25 heavy (non-hydrogen) atoms. The Morgan fingerprint density at radius 2 is 2.12 bits per heavy atom. The second kappa shape index (κ2) is 5.67. The van der Waals surface area contributed by atoms with Crippen LogP contribution in [0.3, 0.4) is 0 Å². The normalized spacial score (nSPS) is 13.1. The van der Waals surface area contributed by atoms with Crippen LogP contribution < -0.4 is 14.9 Å². The Balaban J connectivity index is 1.38. The molecule has 0 saturated carbocycles. The molecule has 124 valence electrons. The van der Waals surface area contributed by atoms with Crippen LogP contribution in [0.4, 0.5) is 5.13 Å². The topological polar surface area (TPSA) is 82.0 Å². The minimum absolute atomic E-state index is 0.247. The highest BCUT2D eigenvalue weighted by molar-refractivity contribution is 7.18. The first-order valence-corrected chi connectivity index (χ1v) is 8.29. The third kappa shape index (κ3) is 2.62. The summed E-state index contributed by atoms with van der Waals surface area (Å²) in [7, 11) is 0. The maximum absolute atomic E-state index is 5.91. The molecule has 0 bridgehead atoms. The molecule has 3 aromatic heterocycles. The van der Waals surface area contributed by atoms with Gasteiger partial charge in [0, 0.05) is 11.5 Å². The molecule has 0 saturated heterocycles. The molecule has 0 aliphatic carbocycles. The number of benzene rings is 1. The molecular formula is C17H11N3O4S. The molecule has 1 N–H and O–H groups in total. The number of furan rings is 2. The summed E-state index contributed by atoms with van der Waals surface area (Å²) in [5, 5.41) is 5.71. The van der Waals surface area contributed by atoms with Gasteiger partial charge in [-0.25, -0.2) is 4.98 Å². The van der Waals surface area contributed by atoms with Crippen LogP contribution in [0.1, 0.15) is 5.76 Å². The van der Waals surface area contributed by atoms with E-state index in [0.29, 0.717) is 16.6 Å². The number of hydrogen-bond donors (Lipinski definition) is 1. The summed E-state index contributed by atoms with van der Waals surface area (Å²) in [5.41, 5.74) is 3.63. The van der Waals surface area contributed by atoms with Gasteiger partial charge in [-0.2, -0.15) is 5.10 Å². The zero-order chi connectivity index (χ0) is 16.6. The van der Waals surface area contributed by atoms with Crippen LogP contribution in [0.5, 0.6) is 11.5 Å². The zero-order valence-corrected chi connectivity index (χ0v) is 13.6. The van der Waals surface area contributed by atoms with Crippen molar-refractivity contribution in [3.05, 3.63) is 48.6 Å². The lowest BCUT2D eigenvalue weighted by atomic mass is 10.2. The van der Waals surface area contributed by atoms with Crippen LogP contribution in [-0.4, -0.2) is 18.0 Å². The highest BCUT2D eigenvalue weighted by Gasteiger charge is 2.17. The molecule has 0 radical (unpaired) electrons. The van der Waals surface area contributed by atoms with Crippen molar-refractivity contribution in [2.45, 2.75) is 0 Å². The number of fused-ring (bicyclic) bond motifs is 2. The first-order chi connectivity index (χ1) is 12.3. The van der Waals surface area contributed by atoms with Crippen LogP contribution >= 0.6 is 11.3 Å². The van der Waals surface area contributed by atoms with Crippen LogP contribution in [0.15, 0.2) is 56.7 Å². The summed E-state index contributed by atoms with van der Waals surface area (Å²) >= 11 is 1.44. The Bertz CT molecular complexity index is 1020. The van der Waals surface area contributed by atoms with Crippen LogP contribution in [-0.2, 0) is 0 Å². The van der Waals surface area contributed by atoms with E-state index in [-0.39, 0.29) is 6.79 Å². The van der Waals surface area contributed by atoms with Gasteiger partial charge in [0.2, 0.25) is 11.9 Å². The molecule has 8 heteroatoms. The maximum atomic E-state index is 5.91. The summed E-state index contributed by atoms with van der Waals surface area (Å²) in [6.45, 7) is 0.247. The summed E-state index contributed by atoms with van der Waals surface area (Å²) in [4.78, 5) is 5.19. The fourth-order valence-corrected chi connectivity index (χ4v) is 3.23. The van der Waals surface area contributed by atoms with Crippen LogP contribution in [0.2, 0.25) is 0 Å². The van der Waals surface area contributed by atoms with Gasteiger partial charge in [0.25, 0.3) is 0 Å². The lowest BCUT2D eigenvalue weighted by Crippen LogP contribution is -1.92. The maximum Gasteiger partial charge on any atom is 0.231 e. The standard InChI is InChI=1S/C17H11N3O4S/c1-2-11(21-3-1)7-19-20-17-18-8-16(25-17)15-5-10-4-13-14(23-9-22-13)6-12(10)24-15/h1-8H,9H2,(H,18,20)/b19-7+. The molecule has 0 fully saturated rings. The van der Waals surface area contributed by atoms with Gasteiger partial charge in [-0.3, -0.25) is 5.43 Å². The molecule has 7 nitrogen and oxygen atoms in total. The number of rotatable bonds is 4. The van der Waals surface area contributed by atoms with Gasteiger partial charge >= 0.3 is 0 Å². The van der Waals surface area contributed by atoms with Crippen LogP contribution in [0.25, 0.3) is 21.6 Å². The van der Waals surface area contributed by atoms with Crippen molar-refractivity contribution in [3.8, 4) is 22.1 Å². The number of hydrazone groups is 1. The van der Waals surface area contributed by atoms with E-state index >= 15 is 0 Å². The first-order valence-electron chi connectivity index (χ1n) is 7.47. The zero-order valence-electron chi connectivity index (χ0n) is 12.8. The minimum atomic E-state index is 0.247. The largest absolute Gasteiger partial charge is 0.463 e. The molecule has 4 aromatic rings. The Hall–Kier alpha value is -3.26. The molecule has 0 amide bonds. The van der Waals surface area contributed by atoms with Gasteiger partial charge < -0.3 is 18.3 Å². The Morgan fingerprint density at radius 1 is 1.20 bits per heavy atom. The lowest BCUT2D eigenvalue weighted by Gasteiger charge is -1.93. The molecule has 1 aliphatic heterocycles. The van der Waals surface area contributed by atoms with E-state index in [0.717, 1.165) is 27.4 Å². The van der Waals surface area contributed by atoms with Crippen molar-refractivity contribution in [1.82, 2.24) is 4.98 Å². The average molecular weight is 353 g/mol. The third-order valence-electron chi connectivity index (χ3n) is 3.66. The SMILES string of the molecule is C(=N\Nc1ncc(-c2cc3cc4c(cc3o2)OCO4)s1)/c1ccco1. The molecule has 0 spiro atoms. The van der Waals surface area contributed by atoms with Gasteiger partial charge in [0.1, 0.15) is 17.1 Å².